The van der Waals surface area contributed by atoms with Gasteiger partial charge in [0.1, 0.15) is 11.9 Å². The first-order valence-corrected chi connectivity index (χ1v) is 9.20. The predicted molar refractivity (Wildman–Crippen MR) is 95.4 cm³/mol. The number of aromatic nitrogens is 1. The molecule has 0 bridgehead atoms. The Morgan fingerprint density at radius 3 is 3.17 bits per heavy atom. The maximum atomic E-state index is 12.3. The summed E-state index contributed by atoms with van der Waals surface area (Å²) in [5.74, 6) is 1.19. The molecule has 1 N–H and O–H groups in total. The maximum Gasteiger partial charge on any atom is 0.317 e. The molecule has 2 aromatic rings. The van der Waals surface area contributed by atoms with Gasteiger partial charge in [0.05, 0.1) is 12.7 Å². The summed E-state index contributed by atoms with van der Waals surface area (Å²) in [6.45, 7) is 4.22. The second-order valence-electron chi connectivity index (χ2n) is 6.24. The van der Waals surface area contributed by atoms with Crippen LogP contribution in [0.1, 0.15) is 18.2 Å². The number of pyridine rings is 1. The van der Waals surface area contributed by atoms with Crippen molar-refractivity contribution in [3.8, 4) is 5.75 Å². The van der Waals surface area contributed by atoms with Crippen LogP contribution in [0, 0.1) is 5.92 Å². The van der Waals surface area contributed by atoms with Gasteiger partial charge in [0.25, 0.3) is 0 Å². The molecule has 3 rings (SSSR count). The van der Waals surface area contributed by atoms with Crippen molar-refractivity contribution < 1.29 is 9.53 Å². The van der Waals surface area contributed by atoms with Crippen molar-refractivity contribution in [1.82, 2.24) is 15.2 Å². The van der Waals surface area contributed by atoms with Crippen molar-refractivity contribution in [1.29, 1.82) is 0 Å². The lowest BCUT2D eigenvalue weighted by molar-refractivity contribution is 0.185. The van der Waals surface area contributed by atoms with Crippen LogP contribution < -0.4 is 10.1 Å². The number of urea groups is 1. The third-order valence-corrected chi connectivity index (χ3v) is 5.00. The molecule has 0 unspecified atom stereocenters. The van der Waals surface area contributed by atoms with E-state index < -0.39 is 0 Å². The Bertz CT molecular complexity index is 633. The number of ether oxygens (including phenoxy) is 1. The maximum absolute atomic E-state index is 12.3. The summed E-state index contributed by atoms with van der Waals surface area (Å²) in [6.07, 6.45) is 5.33. The third kappa shape index (κ3) is 4.71. The molecular formula is C18H23N3O2S. The standard InChI is InChI=1S/C18H23N3O2S/c1-14(10-17-5-3-9-24-17)11-20-18(22)21-8-6-16(13-21)23-15-4-2-7-19-12-15/h2-5,7,9,12,14,16H,6,8,10-11,13H2,1H3,(H,20,22)/t14-,16-/m0/s1. The first-order chi connectivity index (χ1) is 11.7. The van der Waals surface area contributed by atoms with Gasteiger partial charge in [-0.15, -0.1) is 11.3 Å². The number of likely N-dealkylation sites (tertiary alicyclic amines) is 1. The fraction of sp³-hybridized carbons (Fsp3) is 0.444. The lowest BCUT2D eigenvalue weighted by atomic mass is 10.1. The third-order valence-electron chi connectivity index (χ3n) is 4.10. The van der Waals surface area contributed by atoms with Crippen LogP contribution in [0.25, 0.3) is 0 Å². The van der Waals surface area contributed by atoms with Gasteiger partial charge in [0.15, 0.2) is 0 Å². The van der Waals surface area contributed by atoms with E-state index in [-0.39, 0.29) is 12.1 Å². The smallest absolute Gasteiger partial charge is 0.317 e. The highest BCUT2D eigenvalue weighted by Gasteiger charge is 2.27. The number of thiophene rings is 1. The van der Waals surface area contributed by atoms with E-state index in [1.54, 1.807) is 23.7 Å². The Balaban J connectivity index is 1.39. The predicted octanol–water partition coefficient (Wildman–Crippen LogP) is 3.18. The van der Waals surface area contributed by atoms with Crippen molar-refractivity contribution in [2.24, 2.45) is 5.92 Å². The molecule has 0 saturated carbocycles. The minimum atomic E-state index is 0.00492. The van der Waals surface area contributed by atoms with E-state index in [0.717, 1.165) is 25.1 Å². The lowest BCUT2D eigenvalue weighted by Crippen LogP contribution is -2.41. The highest BCUT2D eigenvalue weighted by molar-refractivity contribution is 7.09. The van der Waals surface area contributed by atoms with Gasteiger partial charge < -0.3 is 15.0 Å². The van der Waals surface area contributed by atoms with E-state index in [4.69, 9.17) is 4.74 Å². The second kappa shape index (κ2) is 8.15. The fourth-order valence-corrected chi connectivity index (χ4v) is 3.71. The van der Waals surface area contributed by atoms with Gasteiger partial charge in [-0.25, -0.2) is 4.79 Å². The first kappa shape index (κ1) is 16.8. The van der Waals surface area contributed by atoms with E-state index in [2.05, 4.69) is 34.7 Å². The summed E-state index contributed by atoms with van der Waals surface area (Å²) in [5, 5.41) is 5.14. The number of carbonyl (C=O) groups is 1. The number of nitrogens with one attached hydrogen (secondary N) is 1. The largest absolute Gasteiger partial charge is 0.487 e. The summed E-state index contributed by atoms with van der Waals surface area (Å²) >= 11 is 1.77. The second-order valence-corrected chi connectivity index (χ2v) is 7.27. The van der Waals surface area contributed by atoms with Crippen molar-refractivity contribution in [3.05, 3.63) is 46.9 Å². The SMILES string of the molecule is C[C@H](CNC(=O)N1CC[C@H](Oc2cccnc2)C1)Cc1cccs1. The zero-order valence-electron chi connectivity index (χ0n) is 13.9. The monoisotopic (exact) mass is 345 g/mol. The summed E-state index contributed by atoms with van der Waals surface area (Å²) in [4.78, 5) is 19.5. The minimum Gasteiger partial charge on any atom is -0.487 e. The summed E-state index contributed by atoms with van der Waals surface area (Å²) in [6, 6.07) is 7.96. The molecule has 3 heterocycles. The number of nitrogens with zero attached hydrogens (tertiary/aromatic N) is 2. The Morgan fingerprint density at radius 1 is 1.50 bits per heavy atom. The number of hydrogen-bond donors (Lipinski definition) is 1. The van der Waals surface area contributed by atoms with Gasteiger partial charge in [-0.1, -0.05) is 13.0 Å². The number of carbonyl (C=O) groups excluding carboxylic acids is 1. The van der Waals surface area contributed by atoms with Crippen molar-refractivity contribution in [2.75, 3.05) is 19.6 Å². The van der Waals surface area contributed by atoms with Crippen LogP contribution in [0.5, 0.6) is 5.75 Å². The average Bonchev–Trinajstić information content (AvgIpc) is 3.26. The van der Waals surface area contributed by atoms with E-state index in [1.807, 2.05) is 17.0 Å². The number of amides is 2. The molecule has 1 saturated heterocycles. The van der Waals surface area contributed by atoms with Crippen molar-refractivity contribution in [2.45, 2.75) is 25.9 Å². The van der Waals surface area contributed by atoms with E-state index in [9.17, 15) is 4.79 Å². The zero-order valence-corrected chi connectivity index (χ0v) is 14.7. The summed E-state index contributed by atoms with van der Waals surface area (Å²) in [7, 11) is 0. The molecule has 2 atom stereocenters. The van der Waals surface area contributed by atoms with Crippen LogP contribution >= 0.6 is 11.3 Å². The van der Waals surface area contributed by atoms with Crippen LogP contribution in [0.4, 0.5) is 4.79 Å². The fourth-order valence-electron chi connectivity index (χ4n) is 2.84. The van der Waals surface area contributed by atoms with Gasteiger partial charge in [0, 0.05) is 30.6 Å². The molecule has 0 spiro atoms. The molecule has 2 aromatic heterocycles. The quantitative estimate of drug-likeness (QED) is 0.875. The van der Waals surface area contributed by atoms with Crippen molar-refractivity contribution >= 4 is 17.4 Å². The van der Waals surface area contributed by atoms with E-state index in [0.29, 0.717) is 19.0 Å². The summed E-state index contributed by atoms with van der Waals surface area (Å²) in [5.41, 5.74) is 0. The summed E-state index contributed by atoms with van der Waals surface area (Å²) < 4.78 is 5.87. The molecule has 2 amide bonds. The Labute approximate surface area is 146 Å². The van der Waals surface area contributed by atoms with Crippen LogP contribution in [-0.2, 0) is 6.42 Å². The van der Waals surface area contributed by atoms with Gasteiger partial charge in [-0.2, -0.15) is 0 Å². The van der Waals surface area contributed by atoms with Gasteiger partial charge in [-0.05, 0) is 35.9 Å². The molecule has 1 fully saturated rings. The average molecular weight is 345 g/mol. The first-order valence-electron chi connectivity index (χ1n) is 8.32. The molecule has 128 valence electrons. The minimum absolute atomic E-state index is 0.00492. The topological polar surface area (TPSA) is 54.5 Å². The lowest BCUT2D eigenvalue weighted by Gasteiger charge is -2.19. The molecule has 6 heteroatoms. The number of hydrogen-bond acceptors (Lipinski definition) is 4. The number of rotatable bonds is 6. The Morgan fingerprint density at radius 2 is 2.42 bits per heavy atom. The van der Waals surface area contributed by atoms with E-state index >= 15 is 0 Å². The molecular weight excluding hydrogens is 322 g/mol. The molecule has 0 radical (unpaired) electrons. The zero-order chi connectivity index (χ0) is 16.8. The Kier molecular flexibility index (Phi) is 5.69. The van der Waals surface area contributed by atoms with Gasteiger partial charge in [-0.3, -0.25) is 4.98 Å². The molecule has 1 aliphatic heterocycles. The molecule has 0 aromatic carbocycles. The molecule has 5 nitrogen and oxygen atoms in total. The molecule has 0 aliphatic carbocycles. The normalized spacial score (nSPS) is 18.4. The van der Waals surface area contributed by atoms with Crippen LogP contribution in [0.15, 0.2) is 42.0 Å². The molecule has 1 aliphatic rings. The molecule has 24 heavy (non-hydrogen) atoms. The van der Waals surface area contributed by atoms with E-state index in [1.165, 1.54) is 4.88 Å². The van der Waals surface area contributed by atoms with Crippen LogP contribution in [0.3, 0.4) is 0 Å². The van der Waals surface area contributed by atoms with Crippen molar-refractivity contribution in [3.63, 3.8) is 0 Å². The van der Waals surface area contributed by atoms with Crippen LogP contribution in [0.2, 0.25) is 0 Å². The highest BCUT2D eigenvalue weighted by atomic mass is 32.1. The van der Waals surface area contributed by atoms with Gasteiger partial charge in [0.2, 0.25) is 0 Å². The van der Waals surface area contributed by atoms with Crippen LogP contribution in [-0.4, -0.2) is 41.7 Å². The Hall–Kier alpha value is -2.08. The van der Waals surface area contributed by atoms with Gasteiger partial charge >= 0.3 is 6.03 Å². The highest BCUT2D eigenvalue weighted by Crippen LogP contribution is 2.18.